The van der Waals surface area contributed by atoms with Gasteiger partial charge in [-0.05, 0) is 53.9 Å². The molecule has 0 saturated heterocycles. The number of aryl methyl sites for hydroxylation is 1. The van der Waals surface area contributed by atoms with Gasteiger partial charge >= 0.3 is 0 Å². The molecule has 0 aromatic heterocycles. The van der Waals surface area contributed by atoms with E-state index < -0.39 is 0 Å². The largest absolute Gasteiger partial charge is 0.195 e. The van der Waals surface area contributed by atoms with E-state index >= 15 is 0 Å². The number of hydrogen-bond donors (Lipinski definition) is 0. The van der Waals surface area contributed by atoms with Crippen LogP contribution < -0.4 is 0 Å². The van der Waals surface area contributed by atoms with E-state index in [0.717, 1.165) is 5.69 Å². The molecule has 2 aromatic rings. The average Bonchev–Trinajstić information content (AvgIpc) is 2.53. The number of benzene rings is 2. The highest BCUT2D eigenvalue weighted by atomic mass is 32.1. The summed E-state index contributed by atoms with van der Waals surface area (Å²) in [7, 11) is 0. The summed E-state index contributed by atoms with van der Waals surface area (Å²) in [5.41, 5.74) is 4.72. The van der Waals surface area contributed by atoms with Crippen molar-refractivity contribution in [1.29, 1.82) is 0 Å². The van der Waals surface area contributed by atoms with Crippen molar-refractivity contribution in [1.82, 2.24) is 0 Å². The van der Waals surface area contributed by atoms with E-state index in [4.69, 9.17) is 0 Å². The quantitative estimate of drug-likeness (QED) is 0.336. The van der Waals surface area contributed by atoms with Gasteiger partial charge in [0.25, 0.3) is 0 Å². The Hall–Kier alpha value is -1.76. The molecule has 1 nitrogen and oxygen atoms in total. The van der Waals surface area contributed by atoms with Crippen molar-refractivity contribution in [3.05, 3.63) is 54.1 Å². The van der Waals surface area contributed by atoms with Gasteiger partial charge in [-0.3, -0.25) is 0 Å². The van der Waals surface area contributed by atoms with E-state index in [0.29, 0.717) is 0 Å². The first-order chi connectivity index (χ1) is 10.3. The number of rotatable bonds is 7. The zero-order chi connectivity index (χ0) is 14.9. The van der Waals surface area contributed by atoms with Crippen LogP contribution in [0.3, 0.4) is 0 Å². The molecule has 0 atom stereocenters. The third-order valence-electron chi connectivity index (χ3n) is 3.65. The number of hydrogen-bond acceptors (Lipinski definition) is 2. The predicted octanol–water partition coefficient (Wildman–Crippen LogP) is 6.21. The zero-order valence-electron chi connectivity index (χ0n) is 12.5. The zero-order valence-corrected chi connectivity index (χ0v) is 13.3. The Bertz CT molecular complexity index is 592. The molecule has 0 heterocycles. The lowest BCUT2D eigenvalue weighted by atomic mass is 10.0. The van der Waals surface area contributed by atoms with Gasteiger partial charge in [0.2, 0.25) is 0 Å². The molecule has 2 aromatic carbocycles. The van der Waals surface area contributed by atoms with Gasteiger partial charge in [0.1, 0.15) is 0 Å². The monoisotopic (exact) mass is 295 g/mol. The van der Waals surface area contributed by atoms with Crippen LogP contribution in [0.4, 0.5) is 5.69 Å². The standard InChI is InChI=1S/C19H21NS/c1-2-3-4-5-6-16-7-9-17(10-8-16)18-11-13-19(14-12-18)20-15-21/h7-14H,2-6H2,1H3. The molecular formula is C19H21NS. The molecule has 0 aliphatic rings. The fourth-order valence-electron chi connectivity index (χ4n) is 2.40. The number of aliphatic imine (C=N–C) groups is 1. The van der Waals surface area contributed by atoms with Crippen LogP contribution in [0.25, 0.3) is 11.1 Å². The molecule has 2 heteroatoms. The lowest BCUT2D eigenvalue weighted by molar-refractivity contribution is 0.667. The van der Waals surface area contributed by atoms with Crippen molar-refractivity contribution in [2.24, 2.45) is 4.99 Å². The fourth-order valence-corrected chi connectivity index (χ4v) is 2.51. The van der Waals surface area contributed by atoms with Gasteiger partial charge in [0.05, 0.1) is 10.8 Å². The smallest absolute Gasteiger partial charge is 0.0739 e. The van der Waals surface area contributed by atoms with E-state index in [1.54, 1.807) is 0 Å². The van der Waals surface area contributed by atoms with Crippen molar-refractivity contribution in [3.63, 3.8) is 0 Å². The SMILES string of the molecule is CCCCCCc1ccc(-c2ccc(N=C=S)cc2)cc1. The van der Waals surface area contributed by atoms with Gasteiger partial charge in [-0.1, -0.05) is 62.6 Å². The Morgan fingerprint density at radius 3 is 2.05 bits per heavy atom. The minimum atomic E-state index is 0.848. The summed E-state index contributed by atoms with van der Waals surface area (Å²) in [6, 6.07) is 17.0. The Labute approximate surface area is 132 Å². The Kier molecular flexibility index (Phi) is 6.33. The van der Waals surface area contributed by atoms with E-state index in [-0.39, 0.29) is 0 Å². The number of unbranched alkanes of at least 4 members (excludes halogenated alkanes) is 3. The van der Waals surface area contributed by atoms with E-state index in [2.05, 4.69) is 65.7 Å². The summed E-state index contributed by atoms with van der Waals surface area (Å²) in [5.74, 6) is 0. The fraction of sp³-hybridized carbons (Fsp3) is 0.316. The summed E-state index contributed by atoms with van der Waals surface area (Å²) in [4.78, 5) is 3.97. The van der Waals surface area contributed by atoms with Crippen molar-refractivity contribution < 1.29 is 0 Å². The molecule has 108 valence electrons. The maximum absolute atomic E-state index is 4.61. The molecule has 0 bridgehead atoms. The van der Waals surface area contributed by atoms with Crippen LogP contribution in [-0.2, 0) is 6.42 Å². The van der Waals surface area contributed by atoms with Crippen molar-refractivity contribution in [3.8, 4) is 11.1 Å². The first kappa shape index (κ1) is 15.6. The second kappa shape index (κ2) is 8.51. The highest BCUT2D eigenvalue weighted by Gasteiger charge is 1.99. The topological polar surface area (TPSA) is 12.4 Å². The highest BCUT2D eigenvalue weighted by Crippen LogP contribution is 2.23. The molecule has 0 aliphatic heterocycles. The van der Waals surface area contributed by atoms with Crippen molar-refractivity contribution in [2.75, 3.05) is 0 Å². The van der Waals surface area contributed by atoms with E-state index in [1.807, 2.05) is 12.1 Å². The molecule has 21 heavy (non-hydrogen) atoms. The van der Waals surface area contributed by atoms with Crippen LogP contribution in [0.2, 0.25) is 0 Å². The Balaban J connectivity index is 1.99. The summed E-state index contributed by atoms with van der Waals surface area (Å²) in [6.07, 6.45) is 6.44. The van der Waals surface area contributed by atoms with Gasteiger partial charge in [-0.25, -0.2) is 0 Å². The molecule has 0 unspecified atom stereocenters. The van der Waals surface area contributed by atoms with Gasteiger partial charge < -0.3 is 0 Å². The first-order valence-corrected chi connectivity index (χ1v) is 8.01. The van der Waals surface area contributed by atoms with Crippen molar-refractivity contribution >= 4 is 23.1 Å². The second-order valence-corrected chi connectivity index (χ2v) is 5.44. The number of isothiocyanates is 1. The van der Waals surface area contributed by atoms with E-state index in [9.17, 15) is 0 Å². The normalized spacial score (nSPS) is 10.1. The van der Waals surface area contributed by atoms with Crippen LogP contribution in [-0.4, -0.2) is 5.16 Å². The average molecular weight is 295 g/mol. The lowest BCUT2D eigenvalue weighted by Gasteiger charge is -2.05. The molecule has 0 amide bonds. The van der Waals surface area contributed by atoms with Crippen LogP contribution in [0, 0.1) is 0 Å². The highest BCUT2D eigenvalue weighted by molar-refractivity contribution is 7.78. The molecular weight excluding hydrogens is 274 g/mol. The molecule has 0 saturated carbocycles. The van der Waals surface area contributed by atoms with Gasteiger partial charge in [-0.15, -0.1) is 0 Å². The predicted molar refractivity (Wildman–Crippen MR) is 94.4 cm³/mol. The molecule has 0 aliphatic carbocycles. The molecule has 0 radical (unpaired) electrons. The summed E-state index contributed by atoms with van der Waals surface area (Å²) in [5, 5.41) is 2.39. The third kappa shape index (κ3) is 4.93. The van der Waals surface area contributed by atoms with Crippen molar-refractivity contribution in [2.45, 2.75) is 39.0 Å². The number of nitrogens with zero attached hydrogens (tertiary/aromatic N) is 1. The second-order valence-electron chi connectivity index (χ2n) is 5.26. The van der Waals surface area contributed by atoms with E-state index in [1.165, 1.54) is 48.8 Å². The molecule has 0 N–H and O–H groups in total. The lowest BCUT2D eigenvalue weighted by Crippen LogP contribution is -1.86. The third-order valence-corrected chi connectivity index (χ3v) is 3.74. The van der Waals surface area contributed by atoms with Crippen LogP contribution in [0.15, 0.2) is 53.5 Å². The minimum Gasteiger partial charge on any atom is -0.195 e. The van der Waals surface area contributed by atoms with Gasteiger partial charge in [0, 0.05) is 0 Å². The van der Waals surface area contributed by atoms with Gasteiger partial charge in [0.15, 0.2) is 0 Å². The van der Waals surface area contributed by atoms with Crippen LogP contribution in [0.5, 0.6) is 0 Å². The summed E-state index contributed by atoms with van der Waals surface area (Å²) < 4.78 is 0. The molecule has 0 fully saturated rings. The van der Waals surface area contributed by atoms with Crippen LogP contribution >= 0.6 is 12.2 Å². The minimum absolute atomic E-state index is 0.848. The van der Waals surface area contributed by atoms with Gasteiger partial charge in [-0.2, -0.15) is 4.99 Å². The maximum atomic E-state index is 4.61. The first-order valence-electron chi connectivity index (χ1n) is 7.60. The Morgan fingerprint density at radius 2 is 1.48 bits per heavy atom. The summed E-state index contributed by atoms with van der Waals surface area (Å²) in [6.45, 7) is 2.25. The Morgan fingerprint density at radius 1 is 0.857 bits per heavy atom. The number of thiocarbonyl (C=S) groups is 1. The maximum Gasteiger partial charge on any atom is 0.0739 e. The summed E-state index contributed by atoms with van der Waals surface area (Å²) >= 11 is 4.61. The molecule has 2 rings (SSSR count). The van der Waals surface area contributed by atoms with Crippen LogP contribution in [0.1, 0.15) is 38.2 Å². The molecule has 0 spiro atoms.